The first kappa shape index (κ1) is 14.2. The van der Waals surface area contributed by atoms with E-state index in [1.807, 2.05) is 5.38 Å². The Kier molecular flexibility index (Phi) is 4.06. The van der Waals surface area contributed by atoms with Crippen molar-refractivity contribution in [2.24, 2.45) is 0 Å². The number of halogens is 1. The molecule has 22 heavy (non-hydrogen) atoms. The Labute approximate surface area is 129 Å². The lowest BCUT2D eigenvalue weighted by Gasteiger charge is -2.07. The zero-order valence-electron chi connectivity index (χ0n) is 11.3. The van der Waals surface area contributed by atoms with Crippen LogP contribution < -0.4 is 10.6 Å². The number of para-hydroxylation sites is 1. The van der Waals surface area contributed by atoms with Crippen molar-refractivity contribution in [1.82, 2.24) is 10.2 Å². The number of anilines is 3. The predicted molar refractivity (Wildman–Crippen MR) is 84.0 cm³/mol. The molecule has 0 bridgehead atoms. The van der Waals surface area contributed by atoms with E-state index >= 15 is 0 Å². The van der Waals surface area contributed by atoms with Gasteiger partial charge in [-0.1, -0.05) is 18.2 Å². The second-order valence-electron chi connectivity index (χ2n) is 4.34. The molecule has 0 aliphatic heterocycles. The van der Waals surface area contributed by atoms with Crippen LogP contribution in [0.5, 0.6) is 0 Å². The van der Waals surface area contributed by atoms with Gasteiger partial charge >= 0.3 is 0 Å². The molecule has 0 unspecified atom stereocenters. The van der Waals surface area contributed by atoms with Gasteiger partial charge in [0, 0.05) is 0 Å². The summed E-state index contributed by atoms with van der Waals surface area (Å²) >= 11 is 1.34. The highest BCUT2D eigenvalue weighted by Crippen LogP contribution is 2.18. The second-order valence-corrected chi connectivity index (χ2v) is 5.29. The van der Waals surface area contributed by atoms with Crippen molar-refractivity contribution in [3.05, 3.63) is 64.6 Å². The number of nitrogens with one attached hydrogen (secondary N) is 2. The Morgan fingerprint density at radius 3 is 2.45 bits per heavy atom. The molecule has 1 aromatic carbocycles. The molecule has 110 valence electrons. The lowest BCUT2D eigenvalue weighted by molar-refractivity contribution is 0.103. The van der Waals surface area contributed by atoms with Gasteiger partial charge in [0.25, 0.3) is 5.91 Å². The van der Waals surface area contributed by atoms with Crippen LogP contribution in [0.1, 0.15) is 9.67 Å². The van der Waals surface area contributed by atoms with Gasteiger partial charge in [0.05, 0.1) is 10.6 Å². The summed E-state index contributed by atoms with van der Waals surface area (Å²) in [6, 6.07) is 13.0. The summed E-state index contributed by atoms with van der Waals surface area (Å²) in [6.45, 7) is 0. The molecule has 2 N–H and O–H groups in total. The molecule has 3 rings (SSSR count). The third kappa shape index (κ3) is 3.26. The van der Waals surface area contributed by atoms with Gasteiger partial charge in [-0.2, -0.15) is 0 Å². The molecule has 1 amide bonds. The van der Waals surface area contributed by atoms with Crippen molar-refractivity contribution in [2.45, 2.75) is 0 Å². The first-order valence-electron chi connectivity index (χ1n) is 6.42. The van der Waals surface area contributed by atoms with Gasteiger partial charge in [-0.25, -0.2) is 4.39 Å². The van der Waals surface area contributed by atoms with Crippen molar-refractivity contribution < 1.29 is 9.18 Å². The van der Waals surface area contributed by atoms with Crippen LogP contribution in [-0.2, 0) is 0 Å². The molecule has 0 radical (unpaired) electrons. The predicted octanol–water partition coefficient (Wildman–Crippen LogP) is 3.67. The Morgan fingerprint density at radius 1 is 1.00 bits per heavy atom. The Morgan fingerprint density at radius 2 is 1.77 bits per heavy atom. The van der Waals surface area contributed by atoms with Crippen molar-refractivity contribution in [2.75, 3.05) is 10.6 Å². The van der Waals surface area contributed by atoms with E-state index in [1.165, 1.54) is 17.4 Å². The van der Waals surface area contributed by atoms with Crippen LogP contribution in [0.25, 0.3) is 0 Å². The monoisotopic (exact) mass is 314 g/mol. The van der Waals surface area contributed by atoms with Crippen LogP contribution in [0, 0.1) is 5.82 Å². The lowest BCUT2D eigenvalue weighted by atomic mass is 10.3. The first-order chi connectivity index (χ1) is 10.7. The number of aromatic nitrogens is 2. The maximum atomic E-state index is 13.5. The van der Waals surface area contributed by atoms with E-state index in [4.69, 9.17) is 0 Å². The van der Waals surface area contributed by atoms with Crippen LogP contribution in [0.15, 0.2) is 53.9 Å². The molecule has 2 aromatic heterocycles. The van der Waals surface area contributed by atoms with Gasteiger partial charge in [0.1, 0.15) is 5.82 Å². The Bertz CT molecular complexity index is 775. The molecule has 3 aromatic rings. The maximum Gasteiger partial charge on any atom is 0.266 e. The molecule has 0 aliphatic rings. The molecular formula is C15H11FN4OS. The minimum atomic E-state index is -0.376. The second kappa shape index (κ2) is 6.31. The SMILES string of the molecule is O=C(Nc1ccc(Nc2ccccc2F)nn1)c1cccs1. The van der Waals surface area contributed by atoms with Crippen molar-refractivity contribution in [3.63, 3.8) is 0 Å². The number of hydrogen-bond donors (Lipinski definition) is 2. The Hall–Kier alpha value is -2.80. The topological polar surface area (TPSA) is 66.9 Å². The molecule has 2 heterocycles. The molecule has 0 aliphatic carbocycles. The number of rotatable bonds is 4. The molecule has 5 nitrogen and oxygen atoms in total. The van der Waals surface area contributed by atoms with E-state index in [0.29, 0.717) is 22.2 Å². The van der Waals surface area contributed by atoms with Gasteiger partial charge in [-0.3, -0.25) is 4.79 Å². The number of thiophene rings is 1. The number of amides is 1. The van der Waals surface area contributed by atoms with Crippen LogP contribution in [0.2, 0.25) is 0 Å². The first-order valence-corrected chi connectivity index (χ1v) is 7.30. The largest absolute Gasteiger partial charge is 0.336 e. The van der Waals surface area contributed by atoms with E-state index in [2.05, 4.69) is 20.8 Å². The summed E-state index contributed by atoms with van der Waals surface area (Å²) in [5, 5.41) is 15.1. The molecular weight excluding hydrogens is 303 g/mol. The van der Waals surface area contributed by atoms with Crippen molar-refractivity contribution in [1.29, 1.82) is 0 Å². The summed E-state index contributed by atoms with van der Waals surface area (Å²) < 4.78 is 13.5. The van der Waals surface area contributed by atoms with Crippen LogP contribution in [-0.4, -0.2) is 16.1 Å². The minimum absolute atomic E-state index is 0.237. The summed E-state index contributed by atoms with van der Waals surface area (Å²) in [5.74, 6) is 0.107. The standard InChI is InChI=1S/C15H11FN4OS/c16-10-4-1-2-5-11(10)17-13-7-8-14(20-19-13)18-15(21)12-6-3-9-22-12/h1-9H,(H,17,19)(H,18,20,21). The molecule has 0 fully saturated rings. The van der Waals surface area contributed by atoms with E-state index < -0.39 is 0 Å². The zero-order chi connectivity index (χ0) is 15.4. The fourth-order valence-corrected chi connectivity index (χ4v) is 2.37. The number of benzene rings is 1. The Balaban J connectivity index is 1.68. The average molecular weight is 314 g/mol. The minimum Gasteiger partial charge on any atom is -0.336 e. The van der Waals surface area contributed by atoms with Crippen molar-refractivity contribution >= 4 is 34.6 Å². The van der Waals surface area contributed by atoms with Gasteiger partial charge in [0.2, 0.25) is 0 Å². The van der Waals surface area contributed by atoms with Gasteiger partial charge < -0.3 is 10.6 Å². The van der Waals surface area contributed by atoms with Gasteiger partial charge in [-0.05, 0) is 35.7 Å². The average Bonchev–Trinajstić information content (AvgIpc) is 3.06. The quantitative estimate of drug-likeness (QED) is 0.771. The fraction of sp³-hybridized carbons (Fsp3) is 0. The van der Waals surface area contributed by atoms with Crippen LogP contribution in [0.3, 0.4) is 0 Å². The van der Waals surface area contributed by atoms with Crippen molar-refractivity contribution in [3.8, 4) is 0 Å². The summed E-state index contributed by atoms with van der Waals surface area (Å²) in [5.41, 5.74) is 0.312. The third-order valence-corrected chi connectivity index (χ3v) is 3.66. The lowest BCUT2D eigenvalue weighted by Crippen LogP contribution is -2.12. The van der Waals surface area contributed by atoms with Gasteiger partial charge in [-0.15, -0.1) is 21.5 Å². The third-order valence-electron chi connectivity index (χ3n) is 2.79. The normalized spacial score (nSPS) is 10.2. The fourth-order valence-electron chi connectivity index (χ4n) is 1.75. The number of nitrogens with zero attached hydrogens (tertiary/aromatic N) is 2. The van der Waals surface area contributed by atoms with E-state index in [0.717, 1.165) is 0 Å². The van der Waals surface area contributed by atoms with E-state index in [9.17, 15) is 9.18 Å². The molecule has 7 heteroatoms. The van der Waals surface area contributed by atoms with Crippen LogP contribution in [0.4, 0.5) is 21.7 Å². The highest BCUT2D eigenvalue weighted by Gasteiger charge is 2.08. The molecule has 0 saturated carbocycles. The number of carbonyl (C=O) groups excluding carboxylic acids is 1. The highest BCUT2D eigenvalue weighted by molar-refractivity contribution is 7.12. The summed E-state index contributed by atoms with van der Waals surface area (Å²) in [6.07, 6.45) is 0. The summed E-state index contributed by atoms with van der Waals surface area (Å²) in [7, 11) is 0. The van der Waals surface area contributed by atoms with Gasteiger partial charge in [0.15, 0.2) is 11.6 Å². The van der Waals surface area contributed by atoms with E-state index in [-0.39, 0.29) is 11.7 Å². The summed E-state index contributed by atoms with van der Waals surface area (Å²) in [4.78, 5) is 12.5. The zero-order valence-corrected chi connectivity index (χ0v) is 12.1. The van der Waals surface area contributed by atoms with Crippen LogP contribution >= 0.6 is 11.3 Å². The van der Waals surface area contributed by atoms with E-state index in [1.54, 1.807) is 42.5 Å². The highest BCUT2D eigenvalue weighted by atomic mass is 32.1. The molecule has 0 spiro atoms. The number of hydrogen-bond acceptors (Lipinski definition) is 5. The number of carbonyl (C=O) groups is 1. The maximum absolute atomic E-state index is 13.5. The molecule has 0 saturated heterocycles. The molecule has 0 atom stereocenters. The smallest absolute Gasteiger partial charge is 0.266 e.